The summed E-state index contributed by atoms with van der Waals surface area (Å²) in [6.45, 7) is 14.4. The summed E-state index contributed by atoms with van der Waals surface area (Å²) < 4.78 is 1.47. The summed E-state index contributed by atoms with van der Waals surface area (Å²) in [5.41, 5.74) is 4.53. The number of thiophene rings is 1. The van der Waals surface area contributed by atoms with Gasteiger partial charge in [-0.05, 0) is 63.1 Å². The van der Waals surface area contributed by atoms with Crippen LogP contribution >= 0.6 is 11.3 Å². The molecule has 0 aliphatic rings. The van der Waals surface area contributed by atoms with Crippen molar-refractivity contribution in [3.05, 3.63) is 33.7 Å². The van der Waals surface area contributed by atoms with E-state index in [1.807, 2.05) is 11.3 Å². The summed E-state index contributed by atoms with van der Waals surface area (Å²) in [6.07, 6.45) is 1.12. The molecule has 0 spiro atoms. The van der Waals surface area contributed by atoms with Crippen molar-refractivity contribution in [3.8, 4) is 0 Å². The predicted molar refractivity (Wildman–Crippen MR) is 87.3 cm³/mol. The topological polar surface area (TPSA) is 12.0 Å². The van der Waals surface area contributed by atoms with Crippen molar-refractivity contribution in [2.24, 2.45) is 0 Å². The Balaban J connectivity index is 2.50. The number of aryl methyl sites for hydroxylation is 3. The molecule has 104 valence electrons. The Morgan fingerprint density at radius 2 is 1.74 bits per heavy atom. The minimum absolute atomic E-state index is 0.172. The number of hydrogen-bond acceptors (Lipinski definition) is 2. The lowest BCUT2D eigenvalue weighted by molar-refractivity contribution is 0.426. The zero-order valence-electron chi connectivity index (χ0n) is 13.0. The van der Waals surface area contributed by atoms with Crippen LogP contribution in [0.1, 0.15) is 49.3 Å². The molecule has 1 nitrogen and oxygen atoms in total. The maximum atomic E-state index is 3.62. The molecule has 1 aromatic heterocycles. The first-order chi connectivity index (χ1) is 8.83. The molecule has 2 heteroatoms. The van der Waals surface area contributed by atoms with E-state index in [1.54, 1.807) is 0 Å². The van der Waals surface area contributed by atoms with E-state index in [4.69, 9.17) is 0 Å². The van der Waals surface area contributed by atoms with E-state index >= 15 is 0 Å². The summed E-state index contributed by atoms with van der Waals surface area (Å²) in [7, 11) is 0. The van der Waals surface area contributed by atoms with Gasteiger partial charge in [0.1, 0.15) is 0 Å². The molecule has 0 saturated heterocycles. The highest BCUT2D eigenvalue weighted by Crippen LogP contribution is 2.36. The Hall–Kier alpha value is -0.860. The van der Waals surface area contributed by atoms with Crippen molar-refractivity contribution in [3.63, 3.8) is 0 Å². The lowest BCUT2D eigenvalue weighted by Crippen LogP contribution is -2.35. The molecule has 2 aromatic rings. The van der Waals surface area contributed by atoms with Gasteiger partial charge in [0.15, 0.2) is 0 Å². The molecular weight excluding hydrogens is 250 g/mol. The average Bonchev–Trinajstić information content (AvgIpc) is 2.70. The normalized spacial score (nSPS) is 12.3. The average molecular weight is 275 g/mol. The highest BCUT2D eigenvalue weighted by Gasteiger charge is 2.16. The Kier molecular flexibility index (Phi) is 4.03. The number of nitrogens with one attached hydrogen (secondary N) is 1. The van der Waals surface area contributed by atoms with Crippen LogP contribution in [0.5, 0.6) is 0 Å². The first-order valence-electron chi connectivity index (χ1n) is 7.09. The minimum Gasteiger partial charge on any atom is -0.307 e. The Labute approximate surface area is 121 Å². The van der Waals surface area contributed by atoms with Crippen LogP contribution in [-0.4, -0.2) is 5.54 Å². The van der Waals surface area contributed by atoms with Crippen LogP contribution in [0.2, 0.25) is 0 Å². The maximum absolute atomic E-state index is 3.62. The predicted octanol–water partition coefficient (Wildman–Crippen LogP) is 4.97. The fourth-order valence-electron chi connectivity index (χ4n) is 2.48. The monoisotopic (exact) mass is 275 g/mol. The van der Waals surface area contributed by atoms with Gasteiger partial charge in [-0.15, -0.1) is 11.3 Å². The Morgan fingerprint density at radius 3 is 2.32 bits per heavy atom. The van der Waals surface area contributed by atoms with E-state index < -0.39 is 0 Å². The van der Waals surface area contributed by atoms with Crippen LogP contribution in [-0.2, 0) is 13.0 Å². The molecule has 1 heterocycles. The lowest BCUT2D eigenvalue weighted by Gasteiger charge is -2.20. The summed E-state index contributed by atoms with van der Waals surface area (Å²) in [5.74, 6) is 0. The molecule has 0 amide bonds. The van der Waals surface area contributed by atoms with Gasteiger partial charge in [-0.1, -0.05) is 19.1 Å². The van der Waals surface area contributed by atoms with Gasteiger partial charge in [0.25, 0.3) is 0 Å². The van der Waals surface area contributed by atoms with E-state index in [9.17, 15) is 0 Å². The summed E-state index contributed by atoms with van der Waals surface area (Å²) in [5, 5.41) is 5.12. The third-order valence-corrected chi connectivity index (χ3v) is 4.93. The molecule has 0 fully saturated rings. The maximum Gasteiger partial charge on any atom is 0.0380 e. The lowest BCUT2D eigenvalue weighted by atomic mass is 10.0. The van der Waals surface area contributed by atoms with E-state index in [1.165, 1.54) is 31.7 Å². The van der Waals surface area contributed by atoms with Gasteiger partial charge in [-0.25, -0.2) is 0 Å². The molecule has 1 N–H and O–H groups in total. The van der Waals surface area contributed by atoms with Gasteiger partial charge in [0, 0.05) is 21.7 Å². The fourth-order valence-corrected chi connectivity index (χ4v) is 3.85. The van der Waals surface area contributed by atoms with Crippen LogP contribution in [0, 0.1) is 13.8 Å². The molecule has 1 aromatic carbocycles. The van der Waals surface area contributed by atoms with Crippen molar-refractivity contribution in [1.82, 2.24) is 5.32 Å². The molecule has 2 rings (SSSR count). The largest absolute Gasteiger partial charge is 0.307 e. The smallest absolute Gasteiger partial charge is 0.0380 e. The third-order valence-electron chi connectivity index (χ3n) is 3.56. The minimum atomic E-state index is 0.172. The van der Waals surface area contributed by atoms with Crippen molar-refractivity contribution in [2.75, 3.05) is 0 Å². The molecule has 0 saturated carbocycles. The molecular formula is C17H25NS. The second kappa shape index (κ2) is 5.26. The van der Waals surface area contributed by atoms with Crippen LogP contribution in [0.4, 0.5) is 0 Å². The summed E-state index contributed by atoms with van der Waals surface area (Å²) in [4.78, 5) is 1.50. The van der Waals surface area contributed by atoms with Crippen molar-refractivity contribution in [1.29, 1.82) is 0 Å². The standard InChI is InChI=1S/C17H25NS/c1-7-13-14(10-18-17(4,5)6)19-16-12(3)9-8-11(2)15(13)16/h8-9,18H,7,10H2,1-6H3. The number of rotatable bonds is 3. The van der Waals surface area contributed by atoms with Gasteiger partial charge in [0.2, 0.25) is 0 Å². The van der Waals surface area contributed by atoms with Crippen LogP contribution < -0.4 is 5.32 Å². The second-order valence-corrected chi connectivity index (χ2v) is 7.47. The van der Waals surface area contributed by atoms with E-state index in [2.05, 4.69) is 59.0 Å². The SMILES string of the molecule is CCc1c(CNC(C)(C)C)sc2c(C)ccc(C)c12. The van der Waals surface area contributed by atoms with Gasteiger partial charge in [-0.2, -0.15) is 0 Å². The molecule has 0 aliphatic carbocycles. The Bertz CT molecular complexity index is 587. The third kappa shape index (κ3) is 3.01. The highest BCUT2D eigenvalue weighted by molar-refractivity contribution is 7.19. The molecule has 0 bridgehead atoms. The molecule has 0 aliphatic heterocycles. The highest BCUT2D eigenvalue weighted by atomic mass is 32.1. The van der Waals surface area contributed by atoms with Crippen LogP contribution in [0.15, 0.2) is 12.1 Å². The molecule has 0 atom stereocenters. The van der Waals surface area contributed by atoms with Crippen LogP contribution in [0.3, 0.4) is 0 Å². The number of benzene rings is 1. The zero-order valence-corrected chi connectivity index (χ0v) is 13.8. The summed E-state index contributed by atoms with van der Waals surface area (Å²) in [6, 6.07) is 4.50. The van der Waals surface area contributed by atoms with E-state index in [0.29, 0.717) is 0 Å². The van der Waals surface area contributed by atoms with Crippen molar-refractivity contribution >= 4 is 21.4 Å². The quantitative estimate of drug-likeness (QED) is 0.834. The van der Waals surface area contributed by atoms with Gasteiger partial charge in [0.05, 0.1) is 0 Å². The Morgan fingerprint density at radius 1 is 1.11 bits per heavy atom. The zero-order chi connectivity index (χ0) is 14.2. The molecule has 19 heavy (non-hydrogen) atoms. The van der Waals surface area contributed by atoms with Gasteiger partial charge in [-0.3, -0.25) is 0 Å². The van der Waals surface area contributed by atoms with E-state index in [0.717, 1.165) is 13.0 Å². The van der Waals surface area contributed by atoms with Crippen molar-refractivity contribution in [2.45, 2.75) is 60.0 Å². The first kappa shape index (κ1) is 14.5. The second-order valence-electron chi connectivity index (χ2n) is 6.36. The van der Waals surface area contributed by atoms with E-state index in [-0.39, 0.29) is 5.54 Å². The molecule has 0 unspecified atom stereocenters. The first-order valence-corrected chi connectivity index (χ1v) is 7.90. The number of hydrogen-bond donors (Lipinski definition) is 1. The summed E-state index contributed by atoms with van der Waals surface area (Å²) >= 11 is 1.97. The molecule has 0 radical (unpaired) electrons. The van der Waals surface area contributed by atoms with Crippen molar-refractivity contribution < 1.29 is 0 Å². The fraction of sp³-hybridized carbons (Fsp3) is 0.529. The number of fused-ring (bicyclic) bond motifs is 1. The van der Waals surface area contributed by atoms with Gasteiger partial charge >= 0.3 is 0 Å². The van der Waals surface area contributed by atoms with Gasteiger partial charge < -0.3 is 5.32 Å². The van der Waals surface area contributed by atoms with Crippen LogP contribution in [0.25, 0.3) is 10.1 Å².